The van der Waals surface area contributed by atoms with E-state index in [9.17, 15) is 18.4 Å². The molecular formula is C19H22N2O4S. The molecule has 7 heteroatoms. The Bertz CT molecular complexity index is 889. The maximum atomic E-state index is 13.2. The predicted octanol–water partition coefficient (Wildman–Crippen LogP) is 1.99. The number of hydrogen-bond acceptors (Lipinski definition) is 5. The van der Waals surface area contributed by atoms with Gasteiger partial charge in [-0.05, 0) is 56.7 Å². The lowest BCUT2D eigenvalue weighted by Crippen LogP contribution is -2.50. The summed E-state index contributed by atoms with van der Waals surface area (Å²) < 4.78 is 26.4. The summed E-state index contributed by atoms with van der Waals surface area (Å²) in [6.45, 7) is 1.26. The van der Waals surface area contributed by atoms with Gasteiger partial charge < -0.3 is 4.90 Å². The van der Waals surface area contributed by atoms with Crippen molar-refractivity contribution < 1.29 is 18.4 Å². The number of nitrogens with one attached hydrogen (secondary N) is 1. The number of carbonyl (C=O) groups excluding carboxylic acids is 1. The van der Waals surface area contributed by atoms with E-state index >= 15 is 0 Å². The van der Waals surface area contributed by atoms with Crippen LogP contribution in [0.25, 0.3) is 0 Å². The van der Waals surface area contributed by atoms with E-state index in [4.69, 9.17) is 0 Å². The topological polar surface area (TPSA) is 86.7 Å². The summed E-state index contributed by atoms with van der Waals surface area (Å²) >= 11 is 0. The molecule has 26 heavy (non-hydrogen) atoms. The van der Waals surface area contributed by atoms with Crippen LogP contribution in [0.5, 0.6) is 0 Å². The second-order valence-corrected chi connectivity index (χ2v) is 8.56. The highest BCUT2D eigenvalue weighted by Gasteiger charge is 2.45. The number of hydrogen-bond donors (Lipinski definition) is 2. The van der Waals surface area contributed by atoms with Crippen molar-refractivity contribution in [1.82, 2.24) is 10.4 Å². The van der Waals surface area contributed by atoms with Crippen LogP contribution in [0.2, 0.25) is 0 Å². The first-order chi connectivity index (χ1) is 12.4. The molecule has 1 aliphatic rings. The molecule has 0 bridgehead atoms. The molecule has 1 aliphatic heterocycles. The van der Waals surface area contributed by atoms with E-state index in [2.05, 4.69) is 4.90 Å². The van der Waals surface area contributed by atoms with Gasteiger partial charge in [-0.3, -0.25) is 10.0 Å². The molecule has 1 heterocycles. The summed E-state index contributed by atoms with van der Waals surface area (Å²) in [5.74, 6) is -0.568. The number of hydroxylamine groups is 1. The highest BCUT2D eigenvalue weighted by atomic mass is 32.2. The Balaban J connectivity index is 2.18. The molecule has 3 rings (SSSR count). The summed E-state index contributed by atoms with van der Waals surface area (Å²) in [5, 5.41) is 9.33. The highest BCUT2D eigenvalue weighted by Crippen LogP contribution is 2.40. The molecule has 2 aromatic rings. The Morgan fingerprint density at radius 1 is 1.04 bits per heavy atom. The van der Waals surface area contributed by atoms with Crippen molar-refractivity contribution in [3.63, 3.8) is 0 Å². The third kappa shape index (κ3) is 3.13. The van der Waals surface area contributed by atoms with Crippen LogP contribution in [0.15, 0.2) is 64.4 Å². The largest absolute Gasteiger partial charge is 0.306 e. The zero-order valence-corrected chi connectivity index (χ0v) is 15.4. The van der Waals surface area contributed by atoms with Crippen LogP contribution >= 0.6 is 0 Å². The summed E-state index contributed by atoms with van der Waals surface area (Å²) in [4.78, 5) is 15.0. The standard InChI is InChI=1S/C19H22N2O4S/c1-21-13-11-19(12-14-21,18(22)20-23)16-9-5-6-10-17(16)26(24,25)15-7-3-2-4-8-15/h2-10,23H,11-14H2,1H3,(H,20,22). The predicted molar refractivity (Wildman–Crippen MR) is 96.7 cm³/mol. The highest BCUT2D eigenvalue weighted by molar-refractivity contribution is 7.91. The molecular weight excluding hydrogens is 352 g/mol. The number of likely N-dealkylation sites (tertiary alicyclic amines) is 1. The third-order valence-corrected chi connectivity index (χ3v) is 6.95. The fourth-order valence-corrected chi connectivity index (χ4v) is 5.13. The summed E-state index contributed by atoms with van der Waals surface area (Å²) in [7, 11) is -1.84. The van der Waals surface area contributed by atoms with Crippen LogP contribution in [-0.4, -0.2) is 44.6 Å². The van der Waals surface area contributed by atoms with Crippen LogP contribution in [-0.2, 0) is 20.0 Å². The van der Waals surface area contributed by atoms with E-state index in [-0.39, 0.29) is 9.79 Å². The molecule has 0 unspecified atom stereocenters. The van der Waals surface area contributed by atoms with Gasteiger partial charge in [-0.1, -0.05) is 36.4 Å². The molecule has 6 nitrogen and oxygen atoms in total. The average molecular weight is 374 g/mol. The molecule has 2 aromatic carbocycles. The van der Waals surface area contributed by atoms with E-state index < -0.39 is 21.2 Å². The first kappa shape index (κ1) is 18.6. The maximum Gasteiger partial charge on any atom is 0.254 e. The molecule has 0 saturated carbocycles. The zero-order valence-electron chi connectivity index (χ0n) is 14.6. The van der Waals surface area contributed by atoms with Crippen molar-refractivity contribution in [2.24, 2.45) is 0 Å². The van der Waals surface area contributed by atoms with E-state index in [1.165, 1.54) is 6.07 Å². The van der Waals surface area contributed by atoms with E-state index in [0.29, 0.717) is 31.5 Å². The number of sulfone groups is 1. The first-order valence-electron chi connectivity index (χ1n) is 8.44. The summed E-state index contributed by atoms with van der Waals surface area (Å²) in [6, 6.07) is 14.8. The SMILES string of the molecule is CN1CCC(C(=O)NO)(c2ccccc2S(=O)(=O)c2ccccc2)CC1. The Hall–Kier alpha value is -2.22. The second kappa shape index (κ2) is 7.19. The van der Waals surface area contributed by atoms with E-state index in [1.54, 1.807) is 54.0 Å². The Morgan fingerprint density at radius 2 is 1.62 bits per heavy atom. The smallest absolute Gasteiger partial charge is 0.254 e. The minimum atomic E-state index is -3.79. The molecule has 0 atom stereocenters. The molecule has 138 valence electrons. The van der Waals surface area contributed by atoms with Gasteiger partial charge in [-0.25, -0.2) is 13.9 Å². The fraction of sp³-hybridized carbons (Fsp3) is 0.316. The van der Waals surface area contributed by atoms with E-state index in [1.807, 2.05) is 7.05 Å². The van der Waals surface area contributed by atoms with Crippen molar-refractivity contribution in [1.29, 1.82) is 0 Å². The minimum Gasteiger partial charge on any atom is -0.306 e. The zero-order chi connectivity index (χ0) is 18.8. The van der Waals surface area contributed by atoms with Crippen molar-refractivity contribution >= 4 is 15.7 Å². The van der Waals surface area contributed by atoms with Crippen molar-refractivity contribution in [3.8, 4) is 0 Å². The van der Waals surface area contributed by atoms with Gasteiger partial charge in [0.05, 0.1) is 15.2 Å². The normalized spacial score (nSPS) is 17.6. The van der Waals surface area contributed by atoms with Gasteiger partial charge in [0.1, 0.15) is 0 Å². The van der Waals surface area contributed by atoms with Crippen LogP contribution in [0.4, 0.5) is 0 Å². The van der Waals surface area contributed by atoms with Gasteiger partial charge in [-0.15, -0.1) is 0 Å². The maximum absolute atomic E-state index is 13.2. The minimum absolute atomic E-state index is 0.111. The molecule has 1 saturated heterocycles. The molecule has 0 spiro atoms. The molecule has 0 aliphatic carbocycles. The van der Waals surface area contributed by atoms with Gasteiger partial charge >= 0.3 is 0 Å². The summed E-state index contributed by atoms with van der Waals surface area (Å²) in [6.07, 6.45) is 0.856. The molecule has 2 N–H and O–H groups in total. The number of carbonyl (C=O) groups is 1. The molecule has 0 aromatic heterocycles. The number of piperidine rings is 1. The Morgan fingerprint density at radius 3 is 2.23 bits per heavy atom. The van der Waals surface area contributed by atoms with Crippen LogP contribution in [0.3, 0.4) is 0 Å². The fourth-order valence-electron chi connectivity index (χ4n) is 3.55. The van der Waals surface area contributed by atoms with Gasteiger partial charge in [0.2, 0.25) is 9.84 Å². The number of rotatable bonds is 4. The molecule has 0 radical (unpaired) electrons. The lowest BCUT2D eigenvalue weighted by atomic mass is 9.72. The van der Waals surface area contributed by atoms with Gasteiger partial charge in [0, 0.05) is 0 Å². The lowest BCUT2D eigenvalue weighted by Gasteiger charge is -2.39. The van der Waals surface area contributed by atoms with Crippen molar-refractivity contribution in [3.05, 3.63) is 60.2 Å². The lowest BCUT2D eigenvalue weighted by molar-refractivity contribution is -0.137. The van der Waals surface area contributed by atoms with Gasteiger partial charge in [0.25, 0.3) is 5.91 Å². The second-order valence-electron chi connectivity index (χ2n) is 6.64. The van der Waals surface area contributed by atoms with Crippen LogP contribution in [0, 0.1) is 0 Å². The average Bonchev–Trinajstić information content (AvgIpc) is 2.69. The first-order valence-corrected chi connectivity index (χ1v) is 9.93. The van der Waals surface area contributed by atoms with Crippen LogP contribution < -0.4 is 5.48 Å². The van der Waals surface area contributed by atoms with Crippen molar-refractivity contribution in [2.45, 2.75) is 28.0 Å². The number of benzene rings is 2. The van der Waals surface area contributed by atoms with Gasteiger partial charge in [-0.2, -0.15) is 0 Å². The van der Waals surface area contributed by atoms with Crippen molar-refractivity contribution in [2.75, 3.05) is 20.1 Å². The Labute approximate surface area is 153 Å². The van der Waals surface area contributed by atoms with E-state index in [0.717, 1.165) is 0 Å². The monoisotopic (exact) mass is 374 g/mol. The molecule has 1 amide bonds. The third-order valence-electron chi connectivity index (χ3n) is 5.12. The molecule has 1 fully saturated rings. The Kier molecular flexibility index (Phi) is 5.13. The van der Waals surface area contributed by atoms with Gasteiger partial charge in [0.15, 0.2) is 0 Å². The number of nitrogens with zero attached hydrogens (tertiary/aromatic N) is 1. The van der Waals surface area contributed by atoms with Crippen LogP contribution in [0.1, 0.15) is 18.4 Å². The number of amides is 1. The quantitative estimate of drug-likeness (QED) is 0.631. The summed E-state index contributed by atoms with van der Waals surface area (Å²) in [5.41, 5.74) is 1.11.